The minimum atomic E-state index is -3.89. The van der Waals surface area contributed by atoms with E-state index in [2.05, 4.69) is 14.7 Å². The van der Waals surface area contributed by atoms with E-state index in [1.165, 1.54) is 24.3 Å². The molecular weight excluding hydrogens is 482 g/mol. The Morgan fingerprint density at radius 3 is 2.17 bits per heavy atom. The van der Waals surface area contributed by atoms with E-state index in [4.69, 9.17) is 4.74 Å². The van der Waals surface area contributed by atoms with E-state index in [9.17, 15) is 18.0 Å². The molecule has 1 fully saturated rings. The van der Waals surface area contributed by atoms with Gasteiger partial charge in [-0.1, -0.05) is 0 Å². The third-order valence-corrected chi connectivity index (χ3v) is 6.85. The number of benzene rings is 2. The molecule has 36 heavy (non-hydrogen) atoms. The molecule has 0 aliphatic carbocycles. The number of aryl methyl sites for hydroxylation is 1. The van der Waals surface area contributed by atoms with E-state index < -0.39 is 10.0 Å². The second-order valence-electron chi connectivity index (χ2n) is 8.05. The summed E-state index contributed by atoms with van der Waals surface area (Å²) in [6.07, 6.45) is 4.05. The van der Waals surface area contributed by atoms with Crippen molar-refractivity contribution < 1.29 is 22.7 Å². The summed E-state index contributed by atoms with van der Waals surface area (Å²) in [4.78, 5) is 33.6. The van der Waals surface area contributed by atoms with Gasteiger partial charge < -0.3 is 9.30 Å². The Balaban J connectivity index is 1.28. The Morgan fingerprint density at radius 2 is 1.53 bits per heavy atom. The van der Waals surface area contributed by atoms with Crippen LogP contribution in [0.15, 0.2) is 84.0 Å². The smallest absolute Gasteiger partial charge is 0.261 e. The zero-order valence-corrected chi connectivity index (χ0v) is 20.0. The molecule has 10 nitrogen and oxygen atoms in total. The lowest BCUT2D eigenvalue weighted by molar-refractivity contribution is -0.121. The highest BCUT2D eigenvalue weighted by molar-refractivity contribution is 7.92. The lowest BCUT2D eigenvalue weighted by atomic mass is 10.3. The summed E-state index contributed by atoms with van der Waals surface area (Å²) >= 11 is 0. The van der Waals surface area contributed by atoms with Gasteiger partial charge >= 0.3 is 0 Å². The molecule has 3 heterocycles. The number of hydrogen-bond donors (Lipinski definition) is 1. The highest BCUT2D eigenvalue weighted by atomic mass is 32.2. The molecule has 2 aromatic heterocycles. The van der Waals surface area contributed by atoms with E-state index in [1.54, 1.807) is 37.3 Å². The molecule has 11 heteroatoms. The number of hydrogen-bond acceptors (Lipinski definition) is 7. The first kappa shape index (κ1) is 23.2. The minimum Gasteiger partial charge on any atom is -0.439 e. The van der Waals surface area contributed by atoms with Gasteiger partial charge in [0.15, 0.2) is 0 Å². The summed E-state index contributed by atoms with van der Waals surface area (Å²) in [5.74, 6) is 1.44. The van der Waals surface area contributed by atoms with Gasteiger partial charge in [-0.05, 0) is 67.6 Å². The summed E-state index contributed by atoms with van der Waals surface area (Å²) in [5, 5.41) is 0. The van der Waals surface area contributed by atoms with Crippen LogP contribution in [0.1, 0.15) is 18.7 Å². The predicted molar refractivity (Wildman–Crippen MR) is 132 cm³/mol. The lowest BCUT2D eigenvalue weighted by Gasteiger charge is -2.14. The fourth-order valence-corrected chi connectivity index (χ4v) is 4.82. The summed E-state index contributed by atoms with van der Waals surface area (Å²) in [6, 6.07) is 17.5. The van der Waals surface area contributed by atoms with Crippen LogP contribution in [-0.2, 0) is 19.6 Å². The molecule has 1 saturated heterocycles. The Labute approximate surface area is 207 Å². The van der Waals surface area contributed by atoms with Crippen molar-refractivity contribution in [1.29, 1.82) is 0 Å². The Morgan fingerprint density at radius 1 is 0.889 bits per heavy atom. The van der Waals surface area contributed by atoms with Crippen molar-refractivity contribution in [2.45, 2.75) is 24.7 Å². The van der Waals surface area contributed by atoms with Crippen molar-refractivity contribution in [3.05, 3.63) is 84.9 Å². The zero-order valence-electron chi connectivity index (χ0n) is 19.2. The van der Waals surface area contributed by atoms with Crippen LogP contribution >= 0.6 is 0 Å². The summed E-state index contributed by atoms with van der Waals surface area (Å²) < 4.78 is 35.8. The van der Waals surface area contributed by atoms with Crippen molar-refractivity contribution in [1.82, 2.24) is 14.5 Å². The Bertz CT molecular complexity index is 1520. The second kappa shape index (κ2) is 9.27. The van der Waals surface area contributed by atoms with Crippen molar-refractivity contribution >= 4 is 33.2 Å². The van der Waals surface area contributed by atoms with Crippen LogP contribution in [0.4, 0.5) is 11.4 Å². The lowest BCUT2D eigenvalue weighted by Crippen LogP contribution is -2.28. The van der Waals surface area contributed by atoms with Crippen molar-refractivity contribution in [3.63, 3.8) is 0 Å². The van der Waals surface area contributed by atoms with E-state index in [1.807, 2.05) is 29.1 Å². The number of sulfonamides is 1. The van der Waals surface area contributed by atoms with E-state index in [0.29, 0.717) is 34.6 Å². The molecular formula is C25H21N5O5S. The molecule has 1 N–H and O–H groups in total. The van der Waals surface area contributed by atoms with E-state index in [-0.39, 0.29) is 29.6 Å². The summed E-state index contributed by atoms with van der Waals surface area (Å²) in [6.45, 7) is 1.77. The third-order valence-electron chi connectivity index (χ3n) is 5.46. The quantitative estimate of drug-likeness (QED) is 0.380. The average Bonchev–Trinajstić information content (AvgIpc) is 3.50. The summed E-state index contributed by atoms with van der Waals surface area (Å²) in [5.41, 5.74) is 0.686. The molecule has 4 aromatic rings. The molecule has 2 amide bonds. The maximum Gasteiger partial charge on any atom is 0.261 e. The van der Waals surface area contributed by atoms with Gasteiger partial charge in [-0.15, -0.1) is 0 Å². The molecule has 1 aliphatic heterocycles. The van der Waals surface area contributed by atoms with Crippen LogP contribution in [0.5, 0.6) is 11.6 Å². The number of amides is 2. The van der Waals surface area contributed by atoms with Gasteiger partial charge in [-0.25, -0.2) is 13.4 Å². The van der Waals surface area contributed by atoms with E-state index >= 15 is 0 Å². The molecule has 0 unspecified atom stereocenters. The molecule has 5 rings (SSSR count). The first-order chi connectivity index (χ1) is 17.3. The second-order valence-corrected chi connectivity index (χ2v) is 9.73. The maximum absolute atomic E-state index is 12.8. The monoisotopic (exact) mass is 503 g/mol. The number of anilines is 2. The van der Waals surface area contributed by atoms with Crippen molar-refractivity contribution in [2.24, 2.45) is 0 Å². The fourth-order valence-electron chi connectivity index (χ4n) is 3.76. The normalized spacial score (nSPS) is 13.8. The van der Waals surface area contributed by atoms with Crippen molar-refractivity contribution in [2.75, 3.05) is 9.62 Å². The number of rotatable bonds is 7. The Hall–Kier alpha value is -4.51. The first-order valence-corrected chi connectivity index (χ1v) is 12.5. The number of nitrogens with zero attached hydrogens (tertiary/aromatic N) is 4. The average molecular weight is 504 g/mol. The third kappa shape index (κ3) is 4.82. The number of carbonyl (C=O) groups excluding carboxylic acids is 2. The molecule has 2 aromatic carbocycles. The largest absolute Gasteiger partial charge is 0.439 e. The standard InChI is InChI=1S/C25H21N5O5S/c1-17-26-22(29-14-2-3-15-29)16-23(27-17)35-20-8-4-18(5-9-20)28-36(33,34)21-10-6-19(7-11-21)30-24(31)12-13-25(30)32/h2-11,14-16,28H,12-13H2,1H3. The van der Waals surface area contributed by atoms with Gasteiger partial charge in [-0.2, -0.15) is 4.98 Å². The van der Waals surface area contributed by atoms with Gasteiger partial charge in [0.2, 0.25) is 17.7 Å². The van der Waals surface area contributed by atoms with Crippen molar-refractivity contribution in [3.8, 4) is 17.4 Å². The van der Waals surface area contributed by atoms with Crippen LogP contribution in [0.3, 0.4) is 0 Å². The number of imide groups is 1. The number of aromatic nitrogens is 3. The first-order valence-electron chi connectivity index (χ1n) is 11.0. The SMILES string of the molecule is Cc1nc(Oc2ccc(NS(=O)(=O)c3ccc(N4C(=O)CCC4=O)cc3)cc2)cc(-n2cccc2)n1. The molecule has 182 valence electrons. The summed E-state index contributed by atoms with van der Waals surface area (Å²) in [7, 11) is -3.89. The van der Waals surface area contributed by atoms with E-state index in [0.717, 1.165) is 4.90 Å². The van der Waals surface area contributed by atoms with Gasteiger partial charge in [0.25, 0.3) is 10.0 Å². The van der Waals surface area contributed by atoms with Crippen LogP contribution in [0.2, 0.25) is 0 Å². The van der Waals surface area contributed by atoms with Crippen LogP contribution in [0, 0.1) is 6.92 Å². The fraction of sp³-hybridized carbons (Fsp3) is 0.120. The highest BCUT2D eigenvalue weighted by Crippen LogP contribution is 2.27. The molecule has 1 aliphatic rings. The minimum absolute atomic E-state index is 0.000302. The molecule has 0 saturated carbocycles. The number of nitrogens with one attached hydrogen (secondary N) is 1. The van der Waals surface area contributed by atoms with Crippen LogP contribution < -0.4 is 14.4 Å². The van der Waals surface area contributed by atoms with Crippen LogP contribution in [-0.4, -0.2) is 34.8 Å². The number of carbonyl (C=O) groups is 2. The topological polar surface area (TPSA) is 123 Å². The number of ether oxygens (including phenoxy) is 1. The molecule has 0 bridgehead atoms. The zero-order chi connectivity index (χ0) is 25.3. The molecule has 0 spiro atoms. The van der Waals surface area contributed by atoms with Crippen LogP contribution in [0.25, 0.3) is 5.82 Å². The molecule has 0 radical (unpaired) electrons. The predicted octanol–water partition coefficient (Wildman–Crippen LogP) is 3.82. The van der Waals surface area contributed by atoms with Gasteiger partial charge in [0, 0.05) is 37.0 Å². The van der Waals surface area contributed by atoms with Gasteiger partial charge in [-0.3, -0.25) is 19.2 Å². The highest BCUT2D eigenvalue weighted by Gasteiger charge is 2.30. The van der Waals surface area contributed by atoms with Gasteiger partial charge in [0.05, 0.1) is 10.6 Å². The maximum atomic E-state index is 12.8. The Kier molecular flexibility index (Phi) is 5.98. The molecule has 0 atom stereocenters. The van der Waals surface area contributed by atoms with Gasteiger partial charge in [0.1, 0.15) is 17.4 Å².